The van der Waals surface area contributed by atoms with E-state index in [4.69, 9.17) is 16.3 Å². The lowest BCUT2D eigenvalue weighted by molar-refractivity contribution is -0.140. The van der Waals surface area contributed by atoms with Crippen molar-refractivity contribution in [2.24, 2.45) is 5.92 Å². The highest BCUT2D eigenvalue weighted by Gasteiger charge is 2.27. The second-order valence-corrected chi connectivity index (χ2v) is 12.5. The van der Waals surface area contributed by atoms with Gasteiger partial charge in [-0.05, 0) is 55.2 Å². The van der Waals surface area contributed by atoms with E-state index in [9.17, 15) is 18.0 Å². The molecule has 37 heavy (non-hydrogen) atoms. The van der Waals surface area contributed by atoms with Crippen LogP contribution in [0.5, 0.6) is 5.75 Å². The van der Waals surface area contributed by atoms with Gasteiger partial charge in [0, 0.05) is 30.5 Å². The van der Waals surface area contributed by atoms with E-state index < -0.39 is 16.1 Å². The van der Waals surface area contributed by atoms with Crippen molar-refractivity contribution in [1.29, 1.82) is 0 Å². The lowest BCUT2D eigenvalue weighted by atomic mass is 10.1. The summed E-state index contributed by atoms with van der Waals surface area (Å²) in [6.07, 6.45) is 1.42. The van der Waals surface area contributed by atoms with Gasteiger partial charge in [0.2, 0.25) is 21.8 Å². The minimum Gasteiger partial charge on any atom is -0.495 e. The Hall–Kier alpha value is -2.30. The summed E-state index contributed by atoms with van der Waals surface area (Å²) in [6.45, 7) is 6.53. The van der Waals surface area contributed by atoms with Gasteiger partial charge >= 0.3 is 0 Å². The lowest BCUT2D eigenvalue weighted by Gasteiger charge is -2.29. The zero-order valence-electron chi connectivity index (χ0n) is 21.8. The Balaban J connectivity index is 2.18. The first kappa shape index (κ1) is 30.9. The van der Waals surface area contributed by atoms with Crippen molar-refractivity contribution >= 4 is 55.1 Å². The third-order valence-electron chi connectivity index (χ3n) is 5.67. The van der Waals surface area contributed by atoms with Crippen molar-refractivity contribution < 1.29 is 22.7 Å². The van der Waals surface area contributed by atoms with Crippen LogP contribution in [-0.2, 0) is 26.2 Å². The number of carbonyl (C=O) groups excluding carboxylic acids is 2. The number of amides is 2. The molecule has 0 radical (unpaired) electrons. The number of nitrogens with one attached hydrogen (secondary N) is 1. The van der Waals surface area contributed by atoms with Crippen LogP contribution < -0.4 is 14.4 Å². The van der Waals surface area contributed by atoms with Crippen LogP contribution in [0.2, 0.25) is 5.02 Å². The number of rotatable bonds is 13. The zero-order valence-corrected chi connectivity index (χ0v) is 25.0. The van der Waals surface area contributed by atoms with Gasteiger partial charge < -0.3 is 15.0 Å². The van der Waals surface area contributed by atoms with Gasteiger partial charge in [-0.3, -0.25) is 13.9 Å². The second-order valence-electron chi connectivity index (χ2n) is 9.22. The third kappa shape index (κ3) is 9.50. The molecule has 8 nitrogen and oxygen atoms in total. The monoisotopic (exact) mass is 615 g/mol. The van der Waals surface area contributed by atoms with E-state index in [1.54, 1.807) is 19.1 Å². The summed E-state index contributed by atoms with van der Waals surface area (Å²) in [4.78, 5) is 27.7. The average Bonchev–Trinajstić information content (AvgIpc) is 2.82. The van der Waals surface area contributed by atoms with Gasteiger partial charge in [-0.1, -0.05) is 53.5 Å². The van der Waals surface area contributed by atoms with Crippen LogP contribution >= 0.6 is 27.5 Å². The molecule has 2 rings (SSSR count). The molecule has 0 bridgehead atoms. The highest BCUT2D eigenvalue weighted by molar-refractivity contribution is 9.10. The first-order chi connectivity index (χ1) is 17.3. The Morgan fingerprint density at radius 3 is 2.41 bits per heavy atom. The van der Waals surface area contributed by atoms with Crippen molar-refractivity contribution in [2.75, 3.05) is 30.8 Å². The average molecular weight is 617 g/mol. The molecule has 0 saturated heterocycles. The number of hydrogen-bond donors (Lipinski definition) is 1. The summed E-state index contributed by atoms with van der Waals surface area (Å²) >= 11 is 9.65. The summed E-state index contributed by atoms with van der Waals surface area (Å²) in [5.41, 5.74) is 1.25. The molecule has 2 aromatic rings. The number of benzene rings is 2. The molecule has 204 valence electrons. The topological polar surface area (TPSA) is 96.0 Å². The number of sulfonamides is 1. The van der Waals surface area contributed by atoms with Gasteiger partial charge in [0.25, 0.3) is 0 Å². The number of methoxy groups -OCH3 is 1. The summed E-state index contributed by atoms with van der Waals surface area (Å²) in [6, 6.07) is 11.6. The maximum Gasteiger partial charge on any atom is 0.242 e. The fourth-order valence-corrected chi connectivity index (χ4v) is 5.34. The van der Waals surface area contributed by atoms with Crippen LogP contribution in [0.3, 0.4) is 0 Å². The fraction of sp³-hybridized carbons (Fsp3) is 0.462. The van der Waals surface area contributed by atoms with Gasteiger partial charge in [0.1, 0.15) is 11.8 Å². The SMILES string of the molecule is COc1ccc(N(CCCC(=O)N(Cc2cccc(Br)c2)[C@@H](C)C(=O)NCC(C)C)S(C)(=O)=O)cc1Cl. The Bertz CT molecular complexity index is 1190. The third-order valence-corrected chi connectivity index (χ3v) is 7.65. The zero-order chi connectivity index (χ0) is 27.8. The van der Waals surface area contributed by atoms with Crippen LogP contribution in [0.4, 0.5) is 5.69 Å². The van der Waals surface area contributed by atoms with E-state index >= 15 is 0 Å². The number of hydrogen-bond acceptors (Lipinski definition) is 5. The molecule has 0 aromatic heterocycles. The molecular formula is C26H35BrClN3O5S. The summed E-state index contributed by atoms with van der Waals surface area (Å²) < 4.78 is 32.2. The number of nitrogens with zero attached hydrogens (tertiary/aromatic N) is 2. The van der Waals surface area contributed by atoms with Crippen molar-refractivity contribution in [3.8, 4) is 5.75 Å². The van der Waals surface area contributed by atoms with Gasteiger partial charge in [-0.25, -0.2) is 8.42 Å². The van der Waals surface area contributed by atoms with Gasteiger partial charge in [0.15, 0.2) is 0 Å². The Morgan fingerprint density at radius 2 is 1.84 bits per heavy atom. The van der Waals surface area contributed by atoms with E-state index in [-0.39, 0.29) is 48.7 Å². The van der Waals surface area contributed by atoms with Crippen molar-refractivity contribution in [3.63, 3.8) is 0 Å². The largest absolute Gasteiger partial charge is 0.495 e. The first-order valence-electron chi connectivity index (χ1n) is 12.0. The highest BCUT2D eigenvalue weighted by Crippen LogP contribution is 2.30. The van der Waals surface area contributed by atoms with Crippen LogP contribution in [0.1, 0.15) is 39.2 Å². The molecule has 1 atom stereocenters. The molecule has 0 aliphatic carbocycles. The van der Waals surface area contributed by atoms with Crippen molar-refractivity contribution in [2.45, 2.75) is 46.2 Å². The minimum absolute atomic E-state index is 0.0612. The minimum atomic E-state index is -3.63. The Morgan fingerprint density at radius 1 is 1.14 bits per heavy atom. The van der Waals surface area contributed by atoms with E-state index in [0.29, 0.717) is 18.0 Å². The molecule has 2 aromatic carbocycles. The van der Waals surface area contributed by atoms with E-state index in [2.05, 4.69) is 21.2 Å². The Labute approximate surface area is 233 Å². The first-order valence-corrected chi connectivity index (χ1v) is 15.0. The van der Waals surface area contributed by atoms with Gasteiger partial charge in [-0.15, -0.1) is 0 Å². The molecular weight excluding hydrogens is 582 g/mol. The molecule has 0 heterocycles. The maximum absolute atomic E-state index is 13.4. The standard InChI is InChI=1S/C26H35BrClN3O5S/c1-18(2)16-29-26(33)19(3)30(17-20-8-6-9-21(27)14-20)25(32)10-7-13-31(37(5,34)35)22-11-12-24(36-4)23(28)15-22/h6,8-9,11-12,14-15,18-19H,7,10,13,16-17H2,1-5H3,(H,29,33)/t19-/m0/s1. The Kier molecular flexibility index (Phi) is 11.7. The van der Waals surface area contributed by atoms with E-state index in [1.165, 1.54) is 22.4 Å². The second kappa shape index (κ2) is 14.0. The highest BCUT2D eigenvalue weighted by atomic mass is 79.9. The normalized spacial score (nSPS) is 12.2. The molecule has 0 spiro atoms. The predicted molar refractivity (Wildman–Crippen MR) is 151 cm³/mol. The molecule has 0 aliphatic rings. The van der Waals surface area contributed by atoms with Crippen LogP contribution in [0, 0.1) is 5.92 Å². The number of anilines is 1. The van der Waals surface area contributed by atoms with Crippen molar-refractivity contribution in [3.05, 3.63) is 57.5 Å². The van der Waals surface area contributed by atoms with Gasteiger partial charge in [-0.2, -0.15) is 0 Å². The molecule has 2 amide bonds. The van der Waals surface area contributed by atoms with Gasteiger partial charge in [0.05, 0.1) is 24.1 Å². The maximum atomic E-state index is 13.4. The quantitative estimate of drug-likeness (QED) is 0.347. The summed E-state index contributed by atoms with van der Waals surface area (Å²) in [7, 11) is -2.15. The van der Waals surface area contributed by atoms with Crippen LogP contribution in [0.15, 0.2) is 46.9 Å². The van der Waals surface area contributed by atoms with Crippen molar-refractivity contribution in [1.82, 2.24) is 10.2 Å². The number of halogens is 2. The van der Waals surface area contributed by atoms with E-state index in [0.717, 1.165) is 16.3 Å². The predicted octanol–water partition coefficient (Wildman–Crippen LogP) is 4.85. The van der Waals surface area contributed by atoms with E-state index in [1.807, 2.05) is 38.1 Å². The smallest absolute Gasteiger partial charge is 0.242 e. The van der Waals surface area contributed by atoms with Crippen LogP contribution in [-0.4, -0.2) is 57.6 Å². The number of carbonyl (C=O) groups is 2. The summed E-state index contributed by atoms with van der Waals surface area (Å²) in [5, 5.41) is 3.18. The molecule has 0 unspecified atom stereocenters. The molecule has 0 saturated carbocycles. The van der Waals surface area contributed by atoms with Crippen LogP contribution in [0.25, 0.3) is 0 Å². The summed E-state index contributed by atoms with van der Waals surface area (Å²) in [5.74, 6) is 0.233. The molecule has 0 aliphatic heterocycles. The molecule has 11 heteroatoms. The fourth-order valence-electron chi connectivity index (χ4n) is 3.68. The number of ether oxygens (including phenoxy) is 1. The lowest BCUT2D eigenvalue weighted by Crippen LogP contribution is -2.48. The molecule has 0 fully saturated rings. The molecule has 1 N–H and O–H groups in total.